The Morgan fingerprint density at radius 3 is 2.50 bits per heavy atom. The molecule has 0 amide bonds. The van der Waals surface area contributed by atoms with Gasteiger partial charge < -0.3 is 0 Å². The van der Waals surface area contributed by atoms with Crippen LogP contribution in [0.2, 0.25) is 0 Å². The van der Waals surface area contributed by atoms with Crippen molar-refractivity contribution < 1.29 is 12.8 Å². The second-order valence-corrected chi connectivity index (χ2v) is 6.33. The van der Waals surface area contributed by atoms with Gasteiger partial charge in [-0.2, -0.15) is 5.26 Å². The van der Waals surface area contributed by atoms with Crippen molar-refractivity contribution in [1.29, 1.82) is 5.26 Å². The summed E-state index contributed by atoms with van der Waals surface area (Å²) >= 11 is 0. The van der Waals surface area contributed by atoms with Crippen molar-refractivity contribution in [2.45, 2.75) is 36.8 Å². The third kappa shape index (κ3) is 2.88. The van der Waals surface area contributed by atoms with Crippen LogP contribution < -0.4 is 0 Å². The zero-order valence-electron chi connectivity index (χ0n) is 10.4. The van der Waals surface area contributed by atoms with Gasteiger partial charge >= 0.3 is 0 Å². The summed E-state index contributed by atoms with van der Waals surface area (Å²) in [4.78, 5) is -0.389. The molecule has 0 saturated heterocycles. The highest BCUT2D eigenvalue weighted by atomic mass is 32.2. The van der Waals surface area contributed by atoms with Crippen molar-refractivity contribution in [3.8, 4) is 6.07 Å². The van der Waals surface area contributed by atoms with Crippen LogP contribution in [0.4, 0.5) is 4.39 Å². The third-order valence-electron chi connectivity index (χ3n) is 2.87. The van der Waals surface area contributed by atoms with Crippen LogP contribution in [0.3, 0.4) is 0 Å². The van der Waals surface area contributed by atoms with Crippen LogP contribution in [0, 0.1) is 23.1 Å². The van der Waals surface area contributed by atoms with Crippen LogP contribution in [0.25, 0.3) is 0 Å². The maximum absolute atomic E-state index is 13.5. The van der Waals surface area contributed by atoms with E-state index in [-0.39, 0.29) is 10.8 Å². The molecule has 0 aliphatic heterocycles. The number of sulfone groups is 1. The Kier molecular flexibility index (Phi) is 4.85. The van der Waals surface area contributed by atoms with Crippen LogP contribution in [0.5, 0.6) is 0 Å². The monoisotopic (exact) mass is 269 g/mol. The highest BCUT2D eigenvalue weighted by molar-refractivity contribution is 7.92. The van der Waals surface area contributed by atoms with E-state index in [1.165, 1.54) is 18.2 Å². The first-order chi connectivity index (χ1) is 8.45. The summed E-state index contributed by atoms with van der Waals surface area (Å²) in [6, 6.07) is 6.96. The summed E-state index contributed by atoms with van der Waals surface area (Å²) in [6.07, 6.45) is 1.40. The van der Waals surface area contributed by atoms with Gasteiger partial charge in [0.25, 0.3) is 0 Å². The minimum atomic E-state index is -3.94. The van der Waals surface area contributed by atoms with E-state index in [2.05, 4.69) is 0 Å². The summed E-state index contributed by atoms with van der Waals surface area (Å²) in [5, 5.41) is 7.86. The van der Waals surface area contributed by atoms with E-state index in [0.717, 1.165) is 12.5 Å². The molecule has 0 aromatic heterocycles. The summed E-state index contributed by atoms with van der Waals surface area (Å²) in [7, 11) is -3.94. The summed E-state index contributed by atoms with van der Waals surface area (Å²) < 4.78 is 38.0. The molecule has 0 bridgehead atoms. The number of benzene rings is 1. The molecular formula is C13H16FNO2S. The van der Waals surface area contributed by atoms with E-state index in [0.29, 0.717) is 6.42 Å². The minimum absolute atomic E-state index is 0.315. The highest BCUT2D eigenvalue weighted by Gasteiger charge is 2.33. The first-order valence-electron chi connectivity index (χ1n) is 5.83. The molecule has 1 rings (SSSR count). The van der Waals surface area contributed by atoms with Gasteiger partial charge in [-0.05, 0) is 24.5 Å². The summed E-state index contributed by atoms with van der Waals surface area (Å²) in [5.74, 6) is -1.12. The molecule has 3 nitrogen and oxygen atoms in total. The van der Waals surface area contributed by atoms with Gasteiger partial charge in [-0.25, -0.2) is 12.8 Å². The van der Waals surface area contributed by atoms with Crippen LogP contribution in [-0.4, -0.2) is 13.7 Å². The SMILES string of the molecule is CCCC(C)C(C#N)S(=O)(=O)c1ccccc1F. The Bertz CT molecular complexity index is 548. The second-order valence-electron chi connectivity index (χ2n) is 4.29. The zero-order valence-corrected chi connectivity index (χ0v) is 11.2. The predicted octanol–water partition coefficient (Wildman–Crippen LogP) is 2.93. The largest absolute Gasteiger partial charge is 0.222 e. The smallest absolute Gasteiger partial charge is 0.197 e. The van der Waals surface area contributed by atoms with Crippen molar-refractivity contribution in [2.24, 2.45) is 5.92 Å². The molecule has 2 unspecified atom stereocenters. The lowest BCUT2D eigenvalue weighted by Crippen LogP contribution is -2.27. The minimum Gasteiger partial charge on any atom is -0.222 e. The first kappa shape index (κ1) is 14.7. The number of halogens is 1. The summed E-state index contributed by atoms with van der Waals surface area (Å²) in [6.45, 7) is 3.62. The maximum Gasteiger partial charge on any atom is 0.197 e. The number of nitrogens with zero attached hydrogens (tertiary/aromatic N) is 1. The van der Waals surface area contributed by atoms with E-state index < -0.39 is 20.9 Å². The van der Waals surface area contributed by atoms with Gasteiger partial charge in [0.1, 0.15) is 10.7 Å². The molecule has 0 N–H and O–H groups in total. The molecule has 1 aromatic rings. The van der Waals surface area contributed by atoms with Crippen molar-refractivity contribution in [3.05, 3.63) is 30.1 Å². The molecule has 2 atom stereocenters. The fourth-order valence-electron chi connectivity index (χ4n) is 1.92. The van der Waals surface area contributed by atoms with Crippen molar-refractivity contribution >= 4 is 9.84 Å². The van der Waals surface area contributed by atoms with Crippen LogP contribution in [0.15, 0.2) is 29.2 Å². The molecule has 0 radical (unpaired) electrons. The number of rotatable bonds is 5. The van der Waals surface area contributed by atoms with Gasteiger partial charge in [-0.3, -0.25) is 0 Å². The third-order valence-corrected chi connectivity index (χ3v) is 5.05. The standard InChI is InChI=1S/C13H16FNO2S/c1-3-6-10(2)13(9-15)18(16,17)12-8-5-4-7-11(12)14/h4-5,7-8,10,13H,3,6H2,1-2H3. The van der Waals surface area contributed by atoms with E-state index in [1.807, 2.05) is 6.92 Å². The Hall–Kier alpha value is -1.41. The average Bonchev–Trinajstić information content (AvgIpc) is 2.30. The van der Waals surface area contributed by atoms with Crippen molar-refractivity contribution in [2.75, 3.05) is 0 Å². The molecule has 0 spiro atoms. The van der Waals surface area contributed by atoms with E-state index in [9.17, 15) is 12.8 Å². The van der Waals surface area contributed by atoms with E-state index in [4.69, 9.17) is 5.26 Å². The van der Waals surface area contributed by atoms with Crippen LogP contribution in [-0.2, 0) is 9.84 Å². The quantitative estimate of drug-likeness (QED) is 0.825. The molecular weight excluding hydrogens is 253 g/mol. The second kappa shape index (κ2) is 5.96. The molecule has 1 aromatic carbocycles. The molecule has 0 heterocycles. The molecule has 0 aliphatic carbocycles. The maximum atomic E-state index is 13.5. The fraction of sp³-hybridized carbons (Fsp3) is 0.462. The Morgan fingerprint density at radius 2 is 2.00 bits per heavy atom. The summed E-state index contributed by atoms with van der Waals surface area (Å²) in [5.41, 5.74) is 0. The van der Waals surface area contributed by atoms with Gasteiger partial charge in [0.15, 0.2) is 15.1 Å². The van der Waals surface area contributed by atoms with E-state index >= 15 is 0 Å². The molecule has 0 saturated carbocycles. The van der Waals surface area contributed by atoms with E-state index in [1.54, 1.807) is 13.0 Å². The van der Waals surface area contributed by atoms with Crippen LogP contribution in [0.1, 0.15) is 26.7 Å². The number of hydrogen-bond acceptors (Lipinski definition) is 3. The molecule has 5 heteroatoms. The van der Waals surface area contributed by atoms with Crippen molar-refractivity contribution in [1.82, 2.24) is 0 Å². The topological polar surface area (TPSA) is 57.9 Å². The molecule has 18 heavy (non-hydrogen) atoms. The number of nitriles is 1. The number of hydrogen-bond donors (Lipinski definition) is 0. The Morgan fingerprint density at radius 1 is 1.39 bits per heavy atom. The highest BCUT2D eigenvalue weighted by Crippen LogP contribution is 2.25. The lowest BCUT2D eigenvalue weighted by Gasteiger charge is -2.17. The molecule has 0 fully saturated rings. The average molecular weight is 269 g/mol. The first-order valence-corrected chi connectivity index (χ1v) is 7.37. The Balaban J connectivity index is 3.21. The Labute approximate surface area is 107 Å². The van der Waals surface area contributed by atoms with Crippen LogP contribution >= 0.6 is 0 Å². The van der Waals surface area contributed by atoms with Gasteiger partial charge in [-0.1, -0.05) is 32.4 Å². The normalized spacial score (nSPS) is 14.8. The molecule has 98 valence electrons. The van der Waals surface area contributed by atoms with Gasteiger partial charge in [0, 0.05) is 0 Å². The van der Waals surface area contributed by atoms with Crippen molar-refractivity contribution in [3.63, 3.8) is 0 Å². The lowest BCUT2D eigenvalue weighted by molar-refractivity contribution is 0.505. The lowest BCUT2D eigenvalue weighted by atomic mass is 10.0. The van der Waals surface area contributed by atoms with Gasteiger partial charge in [0.2, 0.25) is 0 Å². The van der Waals surface area contributed by atoms with Gasteiger partial charge in [-0.15, -0.1) is 0 Å². The molecule has 0 aliphatic rings. The van der Waals surface area contributed by atoms with Gasteiger partial charge in [0.05, 0.1) is 6.07 Å². The zero-order chi connectivity index (χ0) is 13.8. The fourth-order valence-corrected chi connectivity index (χ4v) is 3.69. The predicted molar refractivity (Wildman–Crippen MR) is 67.1 cm³/mol.